The van der Waals surface area contributed by atoms with Gasteiger partial charge < -0.3 is 25.9 Å². The number of piperidine rings is 1. The van der Waals surface area contributed by atoms with E-state index in [1.807, 2.05) is 6.92 Å². The zero-order valence-corrected chi connectivity index (χ0v) is 18.6. The number of ether oxygens (including phenoxy) is 1. The van der Waals surface area contributed by atoms with Gasteiger partial charge >= 0.3 is 0 Å². The van der Waals surface area contributed by atoms with E-state index in [0.717, 1.165) is 5.70 Å². The second-order valence-electron chi connectivity index (χ2n) is 8.26. The van der Waals surface area contributed by atoms with Gasteiger partial charge in [-0.1, -0.05) is 11.6 Å². The molecule has 10 heteroatoms. The van der Waals surface area contributed by atoms with Gasteiger partial charge in [0.15, 0.2) is 0 Å². The van der Waals surface area contributed by atoms with Crippen molar-refractivity contribution in [3.05, 3.63) is 51.7 Å². The first kappa shape index (κ1) is 22.8. The van der Waals surface area contributed by atoms with Gasteiger partial charge in [-0.3, -0.25) is 4.90 Å². The number of hydrogen-bond acceptors (Lipinski definition) is 7. The molecule has 3 aliphatic heterocycles. The summed E-state index contributed by atoms with van der Waals surface area (Å²) in [4.78, 5) is 6.13. The topological polar surface area (TPSA) is 93.0 Å². The molecule has 4 rings (SSSR count). The van der Waals surface area contributed by atoms with Crippen LogP contribution in [0.2, 0.25) is 0 Å². The second kappa shape index (κ2) is 9.27. The number of allylic oxidation sites excluding steroid dienone is 2. The van der Waals surface area contributed by atoms with Crippen molar-refractivity contribution >= 4 is 23.0 Å². The maximum atomic E-state index is 13.9. The molecular weight excluding hydrogens is 440 g/mol. The third kappa shape index (κ3) is 4.71. The summed E-state index contributed by atoms with van der Waals surface area (Å²) < 4.78 is 33.6. The van der Waals surface area contributed by atoms with Crippen molar-refractivity contribution in [2.75, 3.05) is 26.2 Å². The normalized spacial score (nSPS) is 27.9. The molecule has 3 heterocycles. The number of hydrogen-bond donors (Lipinski definition) is 4. The summed E-state index contributed by atoms with van der Waals surface area (Å²) in [5, 5.41) is 26.1. The lowest BCUT2D eigenvalue weighted by atomic mass is 10.1. The summed E-state index contributed by atoms with van der Waals surface area (Å²) in [6.45, 7) is 4.77. The van der Waals surface area contributed by atoms with Crippen LogP contribution in [-0.2, 0) is 0 Å². The molecule has 1 aromatic carbocycles. The van der Waals surface area contributed by atoms with Gasteiger partial charge in [0.05, 0.1) is 16.5 Å². The molecule has 0 saturated carbocycles. The number of nitrogens with one attached hydrogen (secondary N) is 3. The zero-order valence-electron chi connectivity index (χ0n) is 17.9. The van der Waals surface area contributed by atoms with E-state index in [-0.39, 0.29) is 31.8 Å². The Kier molecular flexibility index (Phi) is 6.62. The molecule has 3 unspecified atom stereocenters. The predicted octanol–water partition coefficient (Wildman–Crippen LogP) is 2.98. The van der Waals surface area contributed by atoms with Crippen molar-refractivity contribution < 1.29 is 18.6 Å². The van der Waals surface area contributed by atoms with Gasteiger partial charge in [0.2, 0.25) is 0 Å². The summed E-state index contributed by atoms with van der Waals surface area (Å²) in [7, 11) is 0. The van der Waals surface area contributed by atoms with Crippen molar-refractivity contribution in [1.29, 1.82) is 5.41 Å². The standard InChI is InChI=1S/C22H26ClF2N5O2/c1-11-20(23)12(2)29-21(28-11)17-9-30(10-18(17)26)22(31)16-4-3-13(24)6-19(16)32-15-5-14(25)7-27-8-15/h3-4,6,14-15,22,26-28,31H,5,7-10H2,1-2H3/b21-17+,26-18?. The maximum Gasteiger partial charge on any atom is 0.137 e. The van der Waals surface area contributed by atoms with E-state index in [4.69, 9.17) is 21.7 Å². The molecular formula is C22H26ClF2N5O2. The molecule has 2 fully saturated rings. The number of aliphatic imine (C=N–C) groups is 1. The van der Waals surface area contributed by atoms with Crippen molar-refractivity contribution in [2.24, 2.45) is 4.99 Å². The largest absolute Gasteiger partial charge is 0.488 e. The SMILES string of the molecule is CC1=N/C(=C2\CN(C(O)c3ccc(F)cc3OC3CNCC(F)C3)CC2=N)NC(C)=C1Cl. The van der Waals surface area contributed by atoms with E-state index in [0.29, 0.717) is 40.0 Å². The molecule has 32 heavy (non-hydrogen) atoms. The first-order valence-electron chi connectivity index (χ1n) is 10.5. The second-order valence-corrected chi connectivity index (χ2v) is 8.64. The molecule has 0 aromatic heterocycles. The Balaban J connectivity index is 1.56. The van der Waals surface area contributed by atoms with Crippen molar-refractivity contribution in [2.45, 2.75) is 38.8 Å². The highest BCUT2D eigenvalue weighted by Gasteiger charge is 2.33. The average molecular weight is 466 g/mol. The van der Waals surface area contributed by atoms with Crippen LogP contribution in [0.1, 0.15) is 32.1 Å². The van der Waals surface area contributed by atoms with Crippen molar-refractivity contribution in [1.82, 2.24) is 15.5 Å². The molecule has 4 N–H and O–H groups in total. The Labute approximate surface area is 190 Å². The molecule has 0 spiro atoms. The van der Waals surface area contributed by atoms with E-state index >= 15 is 0 Å². The number of benzene rings is 1. The number of rotatable bonds is 4. The van der Waals surface area contributed by atoms with E-state index in [1.54, 1.807) is 11.8 Å². The van der Waals surface area contributed by atoms with Gasteiger partial charge in [0.1, 0.15) is 35.9 Å². The van der Waals surface area contributed by atoms with Gasteiger partial charge in [-0.25, -0.2) is 13.8 Å². The van der Waals surface area contributed by atoms with E-state index < -0.39 is 24.3 Å². The Morgan fingerprint density at radius 1 is 1.31 bits per heavy atom. The van der Waals surface area contributed by atoms with Crippen LogP contribution in [0, 0.1) is 11.2 Å². The lowest BCUT2D eigenvalue weighted by molar-refractivity contribution is 0.0204. The molecule has 1 aromatic rings. The number of halogens is 3. The van der Waals surface area contributed by atoms with Crippen LogP contribution < -0.4 is 15.4 Å². The predicted molar refractivity (Wildman–Crippen MR) is 119 cm³/mol. The van der Waals surface area contributed by atoms with Crippen LogP contribution in [0.15, 0.2) is 45.3 Å². The molecule has 2 saturated heterocycles. The third-order valence-electron chi connectivity index (χ3n) is 5.75. The minimum absolute atomic E-state index is 0.168. The first-order valence-corrected chi connectivity index (χ1v) is 10.8. The summed E-state index contributed by atoms with van der Waals surface area (Å²) in [5.74, 6) is 0.187. The third-order valence-corrected chi connectivity index (χ3v) is 6.31. The quantitative estimate of drug-likeness (QED) is 0.548. The van der Waals surface area contributed by atoms with Gasteiger partial charge in [0.25, 0.3) is 0 Å². The summed E-state index contributed by atoms with van der Waals surface area (Å²) >= 11 is 6.19. The van der Waals surface area contributed by atoms with E-state index in [9.17, 15) is 13.9 Å². The Morgan fingerprint density at radius 3 is 2.81 bits per heavy atom. The highest BCUT2D eigenvalue weighted by molar-refractivity contribution is 6.43. The summed E-state index contributed by atoms with van der Waals surface area (Å²) in [6, 6.07) is 3.91. The van der Waals surface area contributed by atoms with Crippen LogP contribution in [-0.4, -0.2) is 59.9 Å². The van der Waals surface area contributed by atoms with Crippen LogP contribution in [0.25, 0.3) is 0 Å². The highest BCUT2D eigenvalue weighted by atomic mass is 35.5. The molecule has 0 radical (unpaired) electrons. The number of aliphatic hydroxyl groups excluding tert-OH is 1. The molecule has 3 aliphatic rings. The molecule has 0 aliphatic carbocycles. The lowest BCUT2D eigenvalue weighted by Crippen LogP contribution is -2.43. The molecule has 0 bridgehead atoms. The average Bonchev–Trinajstić information content (AvgIpc) is 3.13. The smallest absolute Gasteiger partial charge is 0.137 e. The fourth-order valence-corrected chi connectivity index (χ4v) is 4.17. The summed E-state index contributed by atoms with van der Waals surface area (Å²) in [6.07, 6.45) is -2.45. The van der Waals surface area contributed by atoms with Gasteiger partial charge in [-0.2, -0.15) is 0 Å². The zero-order chi connectivity index (χ0) is 23.0. The van der Waals surface area contributed by atoms with Gasteiger partial charge in [-0.05, 0) is 26.0 Å². The minimum atomic E-state index is -1.14. The van der Waals surface area contributed by atoms with Crippen LogP contribution in [0.5, 0.6) is 5.75 Å². The van der Waals surface area contributed by atoms with Crippen molar-refractivity contribution in [3.63, 3.8) is 0 Å². The number of likely N-dealkylation sites (tertiary alicyclic amines) is 1. The number of aliphatic hydroxyl groups is 1. The Morgan fingerprint density at radius 2 is 2.09 bits per heavy atom. The lowest BCUT2D eigenvalue weighted by Gasteiger charge is -2.29. The van der Waals surface area contributed by atoms with Gasteiger partial charge in [-0.15, -0.1) is 0 Å². The van der Waals surface area contributed by atoms with Gasteiger partial charge in [0, 0.05) is 55.5 Å². The summed E-state index contributed by atoms with van der Waals surface area (Å²) in [5.41, 5.74) is 2.72. The molecule has 3 atom stereocenters. The fraction of sp³-hybridized carbons (Fsp3) is 0.455. The Bertz CT molecular complexity index is 1030. The Hall–Kier alpha value is -2.33. The van der Waals surface area contributed by atoms with E-state index in [2.05, 4.69) is 15.6 Å². The highest BCUT2D eigenvalue weighted by Crippen LogP contribution is 2.33. The fourth-order valence-electron chi connectivity index (χ4n) is 4.08. The van der Waals surface area contributed by atoms with Crippen LogP contribution >= 0.6 is 11.6 Å². The molecule has 0 amide bonds. The maximum absolute atomic E-state index is 13.9. The molecule has 7 nitrogen and oxygen atoms in total. The number of nitrogens with zero attached hydrogens (tertiary/aromatic N) is 2. The molecule has 172 valence electrons. The van der Waals surface area contributed by atoms with E-state index in [1.165, 1.54) is 18.2 Å². The van der Waals surface area contributed by atoms with Crippen molar-refractivity contribution in [3.8, 4) is 5.75 Å². The first-order chi connectivity index (χ1) is 15.2. The number of alkyl halides is 1. The monoisotopic (exact) mass is 465 g/mol. The minimum Gasteiger partial charge on any atom is -0.488 e. The van der Waals surface area contributed by atoms with Crippen LogP contribution in [0.4, 0.5) is 8.78 Å². The van der Waals surface area contributed by atoms with Crippen LogP contribution in [0.3, 0.4) is 0 Å².